The van der Waals surface area contributed by atoms with Gasteiger partial charge < -0.3 is 28.7 Å². The molecule has 0 radical (unpaired) electrons. The molecular formula is C26H34N2O8. The smallest absolute Gasteiger partial charge is 0.338 e. The number of hydrogen-bond donors (Lipinski definition) is 0. The Kier molecular flexibility index (Phi) is 8.19. The van der Waals surface area contributed by atoms with Crippen molar-refractivity contribution in [2.75, 3.05) is 53.5 Å². The molecule has 4 rings (SSSR count). The van der Waals surface area contributed by atoms with Gasteiger partial charge in [0.25, 0.3) is 0 Å². The van der Waals surface area contributed by atoms with Crippen molar-refractivity contribution in [3.05, 3.63) is 35.5 Å². The van der Waals surface area contributed by atoms with E-state index in [1.165, 1.54) is 12.2 Å². The van der Waals surface area contributed by atoms with Crippen LogP contribution in [-0.4, -0.2) is 98.4 Å². The monoisotopic (exact) mass is 502 g/mol. The van der Waals surface area contributed by atoms with E-state index in [2.05, 4.69) is 23.9 Å². The van der Waals surface area contributed by atoms with Crippen LogP contribution >= 0.6 is 0 Å². The summed E-state index contributed by atoms with van der Waals surface area (Å²) in [6, 6.07) is 0. The van der Waals surface area contributed by atoms with Crippen LogP contribution in [0.25, 0.3) is 0 Å². The molecule has 0 aromatic heterocycles. The maximum atomic E-state index is 12.1. The minimum absolute atomic E-state index is 0.244. The van der Waals surface area contributed by atoms with Gasteiger partial charge in [0.1, 0.15) is 0 Å². The van der Waals surface area contributed by atoms with Crippen molar-refractivity contribution in [2.24, 2.45) is 0 Å². The lowest BCUT2D eigenvalue weighted by atomic mass is 9.87. The molecule has 0 aromatic rings. The molecule has 0 bridgehead atoms. The molecule has 10 nitrogen and oxygen atoms in total. The molecule has 4 heterocycles. The van der Waals surface area contributed by atoms with E-state index in [0.717, 1.165) is 75.2 Å². The summed E-state index contributed by atoms with van der Waals surface area (Å²) in [5.41, 5.74) is 1.06. The van der Waals surface area contributed by atoms with Gasteiger partial charge in [-0.05, 0) is 50.9 Å². The number of hydrogen-bond acceptors (Lipinski definition) is 10. The minimum atomic E-state index is -1.03. The quantitative estimate of drug-likeness (QED) is 0.317. The number of nitrogens with zero attached hydrogens (tertiary/aromatic N) is 2. The van der Waals surface area contributed by atoms with E-state index in [9.17, 15) is 19.2 Å². The Labute approximate surface area is 210 Å². The first kappa shape index (κ1) is 26.4. The van der Waals surface area contributed by atoms with Crippen molar-refractivity contribution in [1.82, 2.24) is 9.80 Å². The largest absolute Gasteiger partial charge is 0.387 e. The summed E-state index contributed by atoms with van der Waals surface area (Å²) in [6.07, 6.45) is 8.88. The van der Waals surface area contributed by atoms with Crippen molar-refractivity contribution >= 4 is 23.9 Å². The second-order valence-electron chi connectivity index (χ2n) is 10.3. The minimum Gasteiger partial charge on any atom is -0.387 e. The molecule has 196 valence electrons. The Morgan fingerprint density at radius 1 is 0.667 bits per heavy atom. The zero-order valence-corrected chi connectivity index (χ0v) is 21.0. The molecule has 4 aliphatic rings. The molecule has 0 aliphatic carbocycles. The van der Waals surface area contributed by atoms with Crippen molar-refractivity contribution in [1.29, 1.82) is 0 Å². The number of carbonyl (C=O) groups excluding carboxylic acids is 4. The maximum absolute atomic E-state index is 12.1. The molecule has 10 heteroatoms. The summed E-state index contributed by atoms with van der Waals surface area (Å²) in [5.74, 6) is -3.71. The predicted molar refractivity (Wildman–Crippen MR) is 128 cm³/mol. The third-order valence-corrected chi connectivity index (χ3v) is 7.42. The molecule has 4 aliphatic heterocycles. The molecule has 0 amide bonds. The van der Waals surface area contributed by atoms with E-state index in [1.54, 1.807) is 0 Å². The standard InChI is InChI=1S/C26H34N2O8/c1-27-9-5-25(6-10-27)15-19(17-33-25)13-23(31)35-21(29)3-4-22(30)36-24(32)14-20-16-26(34-18-20)7-11-28(2)12-8-26/h3-4,13-14H,5-12,15-18H2,1-2H3/b4-3-,19-13?,20-14?. The maximum Gasteiger partial charge on any atom is 0.338 e. The van der Waals surface area contributed by atoms with Crippen LogP contribution < -0.4 is 0 Å². The number of rotatable bonds is 4. The number of esters is 4. The fourth-order valence-corrected chi connectivity index (χ4v) is 5.20. The van der Waals surface area contributed by atoms with Crippen molar-refractivity contribution in [2.45, 2.75) is 49.7 Å². The molecule has 0 saturated carbocycles. The number of likely N-dealkylation sites (tertiary alicyclic amines) is 2. The van der Waals surface area contributed by atoms with Crippen LogP contribution in [0, 0.1) is 0 Å². The van der Waals surface area contributed by atoms with Crippen molar-refractivity contribution in [3.8, 4) is 0 Å². The zero-order valence-electron chi connectivity index (χ0n) is 21.0. The topological polar surface area (TPSA) is 112 Å². The first-order valence-corrected chi connectivity index (χ1v) is 12.4. The normalized spacial score (nSPS) is 26.3. The van der Waals surface area contributed by atoms with Gasteiger partial charge in [0, 0.05) is 63.3 Å². The first-order chi connectivity index (χ1) is 17.1. The van der Waals surface area contributed by atoms with Crippen LogP contribution in [0.2, 0.25) is 0 Å². The molecule has 4 fully saturated rings. The summed E-state index contributed by atoms with van der Waals surface area (Å²) >= 11 is 0. The predicted octanol–water partition coefficient (Wildman–Crippen LogP) is 1.30. The van der Waals surface area contributed by atoms with Gasteiger partial charge in [-0.25, -0.2) is 19.2 Å². The van der Waals surface area contributed by atoms with Crippen LogP contribution in [0.5, 0.6) is 0 Å². The van der Waals surface area contributed by atoms with Crippen LogP contribution in [0.4, 0.5) is 0 Å². The fraction of sp³-hybridized carbons (Fsp3) is 0.615. The van der Waals surface area contributed by atoms with Gasteiger partial charge in [-0.3, -0.25) is 0 Å². The van der Waals surface area contributed by atoms with Gasteiger partial charge in [0.05, 0.1) is 24.4 Å². The highest BCUT2D eigenvalue weighted by Crippen LogP contribution is 2.39. The summed E-state index contributed by atoms with van der Waals surface area (Å²) in [4.78, 5) is 52.4. The molecule has 36 heavy (non-hydrogen) atoms. The van der Waals surface area contributed by atoms with E-state index in [0.29, 0.717) is 26.1 Å². The van der Waals surface area contributed by atoms with Gasteiger partial charge in [0.2, 0.25) is 0 Å². The van der Waals surface area contributed by atoms with Gasteiger partial charge in [-0.2, -0.15) is 0 Å². The highest BCUT2D eigenvalue weighted by atomic mass is 16.6. The van der Waals surface area contributed by atoms with Gasteiger partial charge in [-0.1, -0.05) is 0 Å². The van der Waals surface area contributed by atoms with Crippen LogP contribution in [0.1, 0.15) is 38.5 Å². The SMILES string of the molecule is CN1CCC2(CC1)CC(=CC(=O)OC(=O)/C=C\C(=O)OC(=O)C=C1COC3(CCN(C)CC3)C1)CO2. The van der Waals surface area contributed by atoms with Crippen LogP contribution in [0.3, 0.4) is 0 Å². The van der Waals surface area contributed by atoms with Crippen molar-refractivity contribution < 1.29 is 38.1 Å². The zero-order chi connectivity index (χ0) is 25.8. The molecule has 0 N–H and O–H groups in total. The summed E-state index contributed by atoms with van der Waals surface area (Å²) in [7, 11) is 4.13. The molecule has 0 aromatic carbocycles. The fourth-order valence-electron chi connectivity index (χ4n) is 5.20. The van der Waals surface area contributed by atoms with Gasteiger partial charge in [0.15, 0.2) is 0 Å². The van der Waals surface area contributed by atoms with E-state index >= 15 is 0 Å². The third kappa shape index (κ3) is 6.97. The lowest BCUT2D eigenvalue weighted by Crippen LogP contribution is -2.42. The van der Waals surface area contributed by atoms with E-state index in [-0.39, 0.29) is 11.2 Å². The second-order valence-corrected chi connectivity index (χ2v) is 10.3. The summed E-state index contributed by atoms with van der Waals surface area (Å²) in [6.45, 7) is 4.39. The molecule has 0 atom stereocenters. The van der Waals surface area contributed by atoms with Crippen molar-refractivity contribution in [3.63, 3.8) is 0 Å². The lowest BCUT2D eigenvalue weighted by Gasteiger charge is -2.36. The van der Waals surface area contributed by atoms with E-state index < -0.39 is 23.9 Å². The third-order valence-electron chi connectivity index (χ3n) is 7.42. The molecular weight excluding hydrogens is 468 g/mol. The highest BCUT2D eigenvalue weighted by molar-refractivity contribution is 6.02. The van der Waals surface area contributed by atoms with Gasteiger partial charge >= 0.3 is 23.9 Å². The van der Waals surface area contributed by atoms with Crippen LogP contribution in [0.15, 0.2) is 35.5 Å². The van der Waals surface area contributed by atoms with E-state index in [1.807, 2.05) is 0 Å². The van der Waals surface area contributed by atoms with Gasteiger partial charge in [-0.15, -0.1) is 0 Å². The Hall–Kier alpha value is -2.66. The highest BCUT2D eigenvalue weighted by Gasteiger charge is 2.41. The Morgan fingerprint density at radius 3 is 1.39 bits per heavy atom. The molecule has 2 spiro atoms. The lowest BCUT2D eigenvalue weighted by molar-refractivity contribution is -0.155. The Morgan fingerprint density at radius 2 is 1.03 bits per heavy atom. The van der Waals surface area contributed by atoms with E-state index in [4.69, 9.17) is 18.9 Å². The number of piperidine rings is 2. The Balaban J connectivity index is 1.19. The van der Waals surface area contributed by atoms with Crippen LogP contribution in [-0.2, 0) is 38.1 Å². The second kappa shape index (κ2) is 11.2. The molecule has 0 unspecified atom stereocenters. The average Bonchev–Trinajstić information content (AvgIpc) is 3.40. The number of carbonyl (C=O) groups is 4. The Bertz CT molecular complexity index is 904. The summed E-state index contributed by atoms with van der Waals surface area (Å²) < 4.78 is 21.3. The number of ether oxygens (including phenoxy) is 4. The average molecular weight is 503 g/mol. The molecule has 4 saturated heterocycles. The first-order valence-electron chi connectivity index (χ1n) is 12.4. The summed E-state index contributed by atoms with van der Waals surface area (Å²) in [5, 5.41) is 0.